The SMILES string of the molecule is Cc1c(C(=O)NCC2CCC(O)C2)cccc1[N+](=O)[O-]. The molecule has 0 saturated heterocycles. The minimum Gasteiger partial charge on any atom is -0.393 e. The van der Waals surface area contributed by atoms with Gasteiger partial charge in [-0.3, -0.25) is 14.9 Å². The van der Waals surface area contributed by atoms with Gasteiger partial charge in [0.05, 0.1) is 11.0 Å². The Bertz CT molecular complexity index is 530. The molecule has 0 spiro atoms. The van der Waals surface area contributed by atoms with Crippen molar-refractivity contribution in [3.8, 4) is 0 Å². The van der Waals surface area contributed by atoms with E-state index in [0.29, 0.717) is 24.1 Å². The van der Waals surface area contributed by atoms with Crippen LogP contribution in [0.25, 0.3) is 0 Å². The maximum atomic E-state index is 12.1. The van der Waals surface area contributed by atoms with Gasteiger partial charge >= 0.3 is 0 Å². The minimum atomic E-state index is -0.487. The number of carbonyl (C=O) groups excluding carboxylic acids is 1. The third-order valence-electron chi connectivity index (χ3n) is 3.81. The first-order valence-corrected chi connectivity index (χ1v) is 6.69. The Morgan fingerprint density at radius 1 is 1.50 bits per heavy atom. The molecule has 6 heteroatoms. The number of amides is 1. The fourth-order valence-corrected chi connectivity index (χ4v) is 2.63. The van der Waals surface area contributed by atoms with Crippen molar-refractivity contribution in [3.05, 3.63) is 39.4 Å². The lowest BCUT2D eigenvalue weighted by Gasteiger charge is -2.12. The lowest BCUT2D eigenvalue weighted by Crippen LogP contribution is -2.29. The van der Waals surface area contributed by atoms with E-state index in [1.165, 1.54) is 12.1 Å². The van der Waals surface area contributed by atoms with Crippen molar-refractivity contribution in [1.29, 1.82) is 0 Å². The van der Waals surface area contributed by atoms with Gasteiger partial charge in [-0.1, -0.05) is 6.07 Å². The number of nitrogens with zero attached hydrogens (tertiary/aromatic N) is 1. The number of benzene rings is 1. The standard InChI is InChI=1S/C14H18N2O4/c1-9-12(3-2-4-13(9)16(19)20)14(18)15-8-10-5-6-11(17)7-10/h2-4,10-11,17H,5-8H2,1H3,(H,15,18). The fourth-order valence-electron chi connectivity index (χ4n) is 2.63. The quantitative estimate of drug-likeness (QED) is 0.648. The highest BCUT2D eigenvalue weighted by atomic mass is 16.6. The van der Waals surface area contributed by atoms with Crippen LogP contribution in [0.15, 0.2) is 18.2 Å². The van der Waals surface area contributed by atoms with E-state index in [2.05, 4.69) is 5.32 Å². The molecule has 1 aliphatic carbocycles. The molecular weight excluding hydrogens is 260 g/mol. The number of aliphatic hydroxyl groups excluding tert-OH is 1. The first-order chi connectivity index (χ1) is 9.49. The molecule has 2 rings (SSSR count). The van der Waals surface area contributed by atoms with Gasteiger partial charge in [0.15, 0.2) is 0 Å². The molecule has 1 amide bonds. The third-order valence-corrected chi connectivity index (χ3v) is 3.81. The van der Waals surface area contributed by atoms with Crippen LogP contribution in [-0.2, 0) is 0 Å². The molecule has 2 unspecified atom stereocenters. The second-order valence-electron chi connectivity index (χ2n) is 5.25. The highest BCUT2D eigenvalue weighted by Gasteiger charge is 2.24. The molecule has 1 aromatic carbocycles. The first kappa shape index (κ1) is 14.5. The van der Waals surface area contributed by atoms with E-state index in [-0.39, 0.29) is 23.6 Å². The van der Waals surface area contributed by atoms with E-state index in [1.54, 1.807) is 13.0 Å². The van der Waals surface area contributed by atoms with Crippen LogP contribution in [0, 0.1) is 23.0 Å². The van der Waals surface area contributed by atoms with Gasteiger partial charge in [0.1, 0.15) is 0 Å². The van der Waals surface area contributed by atoms with Crippen LogP contribution >= 0.6 is 0 Å². The average molecular weight is 278 g/mol. The van der Waals surface area contributed by atoms with Gasteiger partial charge in [-0.05, 0) is 38.2 Å². The maximum absolute atomic E-state index is 12.1. The second kappa shape index (κ2) is 6.00. The summed E-state index contributed by atoms with van der Waals surface area (Å²) in [7, 11) is 0. The van der Waals surface area contributed by atoms with Crippen molar-refractivity contribution in [3.63, 3.8) is 0 Å². The van der Waals surface area contributed by atoms with Crippen LogP contribution in [0.5, 0.6) is 0 Å². The molecule has 1 saturated carbocycles. The normalized spacial score (nSPS) is 21.7. The number of hydrogen-bond acceptors (Lipinski definition) is 4. The number of rotatable bonds is 4. The summed E-state index contributed by atoms with van der Waals surface area (Å²) >= 11 is 0. The van der Waals surface area contributed by atoms with Crippen molar-refractivity contribution < 1.29 is 14.8 Å². The van der Waals surface area contributed by atoms with Gasteiger partial charge in [0, 0.05) is 23.7 Å². The predicted molar refractivity (Wildman–Crippen MR) is 73.5 cm³/mol. The van der Waals surface area contributed by atoms with Crippen LogP contribution in [0.3, 0.4) is 0 Å². The average Bonchev–Trinajstić information content (AvgIpc) is 2.81. The summed E-state index contributed by atoms with van der Waals surface area (Å²) in [5.41, 5.74) is 0.660. The van der Waals surface area contributed by atoms with E-state index in [9.17, 15) is 20.0 Å². The summed E-state index contributed by atoms with van der Waals surface area (Å²) in [6.45, 7) is 2.07. The molecule has 0 aliphatic heterocycles. The van der Waals surface area contributed by atoms with Crippen molar-refractivity contribution in [2.45, 2.75) is 32.3 Å². The van der Waals surface area contributed by atoms with E-state index in [0.717, 1.165) is 12.8 Å². The summed E-state index contributed by atoms with van der Waals surface area (Å²) in [5.74, 6) is -0.0134. The smallest absolute Gasteiger partial charge is 0.273 e. The zero-order valence-corrected chi connectivity index (χ0v) is 11.3. The Balaban J connectivity index is 2.02. The fraction of sp³-hybridized carbons (Fsp3) is 0.500. The Morgan fingerprint density at radius 2 is 2.25 bits per heavy atom. The molecule has 2 atom stereocenters. The van der Waals surface area contributed by atoms with Crippen LogP contribution in [0.1, 0.15) is 35.2 Å². The van der Waals surface area contributed by atoms with Gasteiger partial charge in [-0.2, -0.15) is 0 Å². The number of hydrogen-bond donors (Lipinski definition) is 2. The Hall–Kier alpha value is -1.95. The molecule has 2 N–H and O–H groups in total. The minimum absolute atomic E-state index is 0.0473. The molecule has 108 valence electrons. The number of aliphatic hydroxyl groups is 1. The molecule has 1 fully saturated rings. The van der Waals surface area contributed by atoms with Gasteiger partial charge in [-0.15, -0.1) is 0 Å². The van der Waals surface area contributed by atoms with Crippen molar-refractivity contribution in [2.75, 3.05) is 6.54 Å². The van der Waals surface area contributed by atoms with E-state index < -0.39 is 4.92 Å². The molecule has 20 heavy (non-hydrogen) atoms. The Morgan fingerprint density at radius 3 is 2.85 bits per heavy atom. The van der Waals surface area contributed by atoms with Gasteiger partial charge in [0.2, 0.25) is 0 Å². The van der Waals surface area contributed by atoms with Crippen molar-refractivity contribution in [1.82, 2.24) is 5.32 Å². The number of nitro groups is 1. The van der Waals surface area contributed by atoms with E-state index >= 15 is 0 Å². The van der Waals surface area contributed by atoms with Crippen molar-refractivity contribution >= 4 is 11.6 Å². The zero-order valence-electron chi connectivity index (χ0n) is 11.3. The second-order valence-corrected chi connectivity index (χ2v) is 5.25. The molecule has 0 bridgehead atoms. The summed E-state index contributed by atoms with van der Waals surface area (Å²) in [4.78, 5) is 22.4. The van der Waals surface area contributed by atoms with Crippen LogP contribution < -0.4 is 5.32 Å². The first-order valence-electron chi connectivity index (χ1n) is 6.69. The summed E-state index contributed by atoms with van der Waals surface area (Å²) in [6.07, 6.45) is 2.11. The summed E-state index contributed by atoms with van der Waals surface area (Å²) < 4.78 is 0. The molecule has 0 radical (unpaired) electrons. The highest BCUT2D eigenvalue weighted by Crippen LogP contribution is 2.25. The number of nitro benzene ring substituents is 1. The lowest BCUT2D eigenvalue weighted by molar-refractivity contribution is -0.385. The molecule has 0 heterocycles. The largest absolute Gasteiger partial charge is 0.393 e. The van der Waals surface area contributed by atoms with E-state index in [1.807, 2.05) is 0 Å². The lowest BCUT2D eigenvalue weighted by atomic mass is 10.0. The van der Waals surface area contributed by atoms with Crippen LogP contribution in [0.2, 0.25) is 0 Å². The van der Waals surface area contributed by atoms with Crippen LogP contribution in [0.4, 0.5) is 5.69 Å². The Labute approximate surface area is 117 Å². The molecule has 1 aromatic rings. The highest BCUT2D eigenvalue weighted by molar-refractivity contribution is 5.96. The summed E-state index contributed by atoms with van der Waals surface area (Å²) in [6, 6.07) is 4.49. The molecule has 0 aromatic heterocycles. The number of carbonyl (C=O) groups is 1. The van der Waals surface area contributed by atoms with Gasteiger partial charge in [0.25, 0.3) is 11.6 Å². The molecule has 6 nitrogen and oxygen atoms in total. The monoisotopic (exact) mass is 278 g/mol. The molecule has 1 aliphatic rings. The zero-order chi connectivity index (χ0) is 14.7. The predicted octanol–water partition coefficient (Wildman–Crippen LogP) is 1.79. The topological polar surface area (TPSA) is 92.5 Å². The van der Waals surface area contributed by atoms with Crippen molar-refractivity contribution in [2.24, 2.45) is 5.92 Å². The third kappa shape index (κ3) is 3.14. The molecular formula is C14H18N2O4. The van der Waals surface area contributed by atoms with Gasteiger partial charge < -0.3 is 10.4 Å². The van der Waals surface area contributed by atoms with Gasteiger partial charge in [-0.25, -0.2) is 0 Å². The van der Waals surface area contributed by atoms with E-state index in [4.69, 9.17) is 0 Å². The van der Waals surface area contributed by atoms with Crippen LogP contribution in [-0.4, -0.2) is 28.6 Å². The summed E-state index contributed by atoms with van der Waals surface area (Å²) in [5, 5.41) is 23.1. The number of nitrogens with one attached hydrogen (secondary N) is 1. The Kier molecular flexibility index (Phi) is 4.34. The maximum Gasteiger partial charge on any atom is 0.273 e.